The van der Waals surface area contributed by atoms with Crippen LogP contribution in [0.5, 0.6) is 5.75 Å². The molecule has 0 aliphatic rings. The Hall–Kier alpha value is -2.16. The molecule has 0 N–H and O–H groups in total. The molecular weight excluding hydrogens is 392 g/mol. The maximum atomic E-state index is 5.73. The number of rotatable bonds is 18. The van der Waals surface area contributed by atoms with E-state index in [1.165, 1.54) is 89.0 Å². The molecule has 0 atom stereocenters. The van der Waals surface area contributed by atoms with E-state index in [1.807, 2.05) is 42.9 Å². The predicted molar refractivity (Wildman–Crippen MR) is 137 cm³/mol. The summed E-state index contributed by atoms with van der Waals surface area (Å²) in [5, 5.41) is 0. The van der Waals surface area contributed by atoms with E-state index in [-0.39, 0.29) is 0 Å². The fraction of sp³-hybridized carbons (Fsp3) is 0.586. The molecule has 0 unspecified atom stereocenters. The monoisotopic (exact) mass is 436 g/mol. The smallest absolute Gasteiger partial charge is 0.159 e. The van der Waals surface area contributed by atoms with Crippen molar-refractivity contribution in [2.24, 2.45) is 0 Å². The first-order valence-electron chi connectivity index (χ1n) is 13.1. The molecule has 0 fully saturated rings. The van der Waals surface area contributed by atoms with E-state index in [4.69, 9.17) is 4.74 Å². The van der Waals surface area contributed by atoms with Crippen molar-refractivity contribution >= 4 is 0 Å². The molecule has 3 heteroatoms. The van der Waals surface area contributed by atoms with Gasteiger partial charge in [0.05, 0.1) is 6.26 Å². The van der Waals surface area contributed by atoms with Crippen LogP contribution in [0.1, 0.15) is 109 Å². The molecule has 0 saturated heterocycles. The fourth-order valence-corrected chi connectivity index (χ4v) is 3.84. The van der Waals surface area contributed by atoms with Crippen LogP contribution in [-0.2, 0) is 6.42 Å². The number of allylic oxidation sites excluding steroid dienone is 1. The molecule has 176 valence electrons. The van der Waals surface area contributed by atoms with Gasteiger partial charge >= 0.3 is 0 Å². The molecule has 1 aromatic carbocycles. The minimum absolute atomic E-state index is 0.776. The maximum absolute atomic E-state index is 5.73. The molecule has 3 nitrogen and oxygen atoms in total. The Morgan fingerprint density at radius 3 is 1.88 bits per heavy atom. The summed E-state index contributed by atoms with van der Waals surface area (Å²) in [5.74, 6) is 1.63. The highest BCUT2D eigenvalue weighted by Crippen LogP contribution is 2.20. The second-order valence-electron chi connectivity index (χ2n) is 8.86. The lowest BCUT2D eigenvalue weighted by atomic mass is 10.1. The predicted octanol–water partition coefficient (Wildman–Crippen LogP) is 9.08. The van der Waals surface area contributed by atoms with E-state index in [0.717, 1.165) is 30.0 Å². The minimum atomic E-state index is 0.776. The third kappa shape index (κ3) is 11.5. The van der Waals surface area contributed by atoms with Gasteiger partial charge in [0, 0.05) is 18.0 Å². The number of hydrogen-bond acceptors (Lipinski definition) is 3. The lowest BCUT2D eigenvalue weighted by Crippen LogP contribution is -1.93. The molecular formula is C29H44N2O. The van der Waals surface area contributed by atoms with Gasteiger partial charge in [-0.3, -0.25) is 0 Å². The molecule has 0 radical (unpaired) electrons. The standard InChI is InChI=1S/C29H44N2O/c1-3-5-7-9-11-13-15-17-23-32-28-21-19-27(20-22-28)29-30-24-26(25-31-29)18-16-14-12-10-8-6-4-2/h17,19-25H,3-16,18H2,1-2H3/b23-17+. The molecule has 2 aromatic rings. The van der Waals surface area contributed by atoms with Gasteiger partial charge in [0.15, 0.2) is 5.82 Å². The largest absolute Gasteiger partial charge is 0.465 e. The lowest BCUT2D eigenvalue weighted by Gasteiger charge is -2.05. The third-order valence-electron chi connectivity index (χ3n) is 5.91. The zero-order valence-corrected chi connectivity index (χ0v) is 20.5. The van der Waals surface area contributed by atoms with Crippen molar-refractivity contribution < 1.29 is 4.74 Å². The van der Waals surface area contributed by atoms with Gasteiger partial charge < -0.3 is 4.74 Å². The van der Waals surface area contributed by atoms with E-state index in [1.54, 1.807) is 0 Å². The van der Waals surface area contributed by atoms with E-state index < -0.39 is 0 Å². The molecule has 0 amide bonds. The SMILES string of the molecule is CCCCCCCC/C=C/Oc1ccc(-c2ncc(CCCCCCCCC)cn2)cc1. The number of ether oxygens (including phenoxy) is 1. The summed E-state index contributed by atoms with van der Waals surface area (Å²) in [6, 6.07) is 8.03. The Morgan fingerprint density at radius 2 is 1.25 bits per heavy atom. The van der Waals surface area contributed by atoms with Gasteiger partial charge in [-0.2, -0.15) is 0 Å². The summed E-state index contributed by atoms with van der Waals surface area (Å²) in [4.78, 5) is 9.15. The van der Waals surface area contributed by atoms with Crippen LogP contribution in [-0.4, -0.2) is 9.97 Å². The zero-order valence-electron chi connectivity index (χ0n) is 20.5. The van der Waals surface area contributed by atoms with Gasteiger partial charge in [-0.25, -0.2) is 9.97 Å². The van der Waals surface area contributed by atoms with E-state index in [0.29, 0.717) is 0 Å². The number of unbranched alkanes of at least 4 members (excludes halogenated alkanes) is 12. The van der Waals surface area contributed by atoms with E-state index in [2.05, 4.69) is 29.9 Å². The van der Waals surface area contributed by atoms with Crippen LogP contribution in [0.25, 0.3) is 11.4 Å². The number of nitrogens with zero attached hydrogens (tertiary/aromatic N) is 2. The molecule has 0 bridgehead atoms. The van der Waals surface area contributed by atoms with Crippen molar-refractivity contribution in [3.05, 3.63) is 54.6 Å². The molecule has 32 heavy (non-hydrogen) atoms. The van der Waals surface area contributed by atoms with Gasteiger partial charge in [0.2, 0.25) is 0 Å². The fourth-order valence-electron chi connectivity index (χ4n) is 3.84. The average molecular weight is 437 g/mol. The highest BCUT2D eigenvalue weighted by atomic mass is 16.5. The second-order valence-corrected chi connectivity index (χ2v) is 8.86. The van der Waals surface area contributed by atoms with Gasteiger partial charge in [-0.1, -0.05) is 84.5 Å². The number of benzene rings is 1. The first kappa shape index (κ1) is 26.1. The Bertz CT molecular complexity index is 722. The Morgan fingerprint density at radius 1 is 0.688 bits per heavy atom. The first-order chi connectivity index (χ1) is 15.8. The van der Waals surface area contributed by atoms with E-state index in [9.17, 15) is 0 Å². The van der Waals surface area contributed by atoms with Crippen molar-refractivity contribution in [3.63, 3.8) is 0 Å². The van der Waals surface area contributed by atoms with Crippen molar-refractivity contribution in [1.82, 2.24) is 9.97 Å². The van der Waals surface area contributed by atoms with Crippen molar-refractivity contribution in [3.8, 4) is 17.1 Å². The summed E-state index contributed by atoms with van der Waals surface area (Å²) in [7, 11) is 0. The summed E-state index contributed by atoms with van der Waals surface area (Å²) in [6.45, 7) is 4.52. The Kier molecular flexibility index (Phi) is 14.2. The minimum Gasteiger partial charge on any atom is -0.465 e. The third-order valence-corrected chi connectivity index (χ3v) is 5.91. The first-order valence-corrected chi connectivity index (χ1v) is 13.1. The highest BCUT2D eigenvalue weighted by molar-refractivity contribution is 5.55. The lowest BCUT2D eigenvalue weighted by molar-refractivity contribution is 0.477. The average Bonchev–Trinajstić information content (AvgIpc) is 2.83. The maximum Gasteiger partial charge on any atom is 0.159 e. The molecule has 0 aliphatic carbocycles. The quantitative estimate of drug-likeness (QED) is 0.173. The molecule has 1 heterocycles. The molecule has 2 rings (SSSR count). The Balaban J connectivity index is 1.65. The number of aryl methyl sites for hydroxylation is 1. The van der Waals surface area contributed by atoms with Crippen molar-refractivity contribution in [2.75, 3.05) is 0 Å². The number of aromatic nitrogens is 2. The summed E-state index contributed by atoms with van der Waals surface area (Å²) < 4.78 is 5.73. The normalized spacial score (nSPS) is 11.3. The van der Waals surface area contributed by atoms with Crippen LogP contribution in [0.4, 0.5) is 0 Å². The van der Waals surface area contributed by atoms with Crippen LogP contribution in [0.15, 0.2) is 49.0 Å². The number of hydrogen-bond donors (Lipinski definition) is 0. The summed E-state index contributed by atoms with van der Waals surface area (Å²) in [5.41, 5.74) is 2.26. The topological polar surface area (TPSA) is 35.0 Å². The van der Waals surface area contributed by atoms with Gasteiger partial charge in [0.1, 0.15) is 5.75 Å². The molecule has 0 saturated carbocycles. The van der Waals surface area contributed by atoms with Crippen molar-refractivity contribution in [1.29, 1.82) is 0 Å². The zero-order chi connectivity index (χ0) is 22.7. The molecule has 0 aliphatic heterocycles. The molecule has 0 spiro atoms. The second kappa shape index (κ2) is 17.4. The van der Waals surface area contributed by atoms with Crippen LogP contribution >= 0.6 is 0 Å². The van der Waals surface area contributed by atoms with Crippen LogP contribution < -0.4 is 4.74 Å². The van der Waals surface area contributed by atoms with Crippen LogP contribution in [0.3, 0.4) is 0 Å². The Labute approximate surface area is 196 Å². The highest BCUT2D eigenvalue weighted by Gasteiger charge is 2.03. The van der Waals surface area contributed by atoms with Crippen molar-refractivity contribution in [2.45, 2.75) is 110 Å². The summed E-state index contributed by atoms with van der Waals surface area (Å²) in [6.07, 6.45) is 27.4. The van der Waals surface area contributed by atoms with Gasteiger partial charge in [-0.05, 0) is 61.6 Å². The van der Waals surface area contributed by atoms with E-state index >= 15 is 0 Å². The van der Waals surface area contributed by atoms with Gasteiger partial charge in [0.25, 0.3) is 0 Å². The van der Waals surface area contributed by atoms with Crippen LogP contribution in [0.2, 0.25) is 0 Å². The molecule has 1 aromatic heterocycles. The summed E-state index contributed by atoms with van der Waals surface area (Å²) >= 11 is 0. The van der Waals surface area contributed by atoms with Gasteiger partial charge in [-0.15, -0.1) is 0 Å². The van der Waals surface area contributed by atoms with Crippen LogP contribution in [0, 0.1) is 0 Å².